The second-order valence-corrected chi connectivity index (χ2v) is 4.37. The number of oxime groups is 1. The van der Waals surface area contributed by atoms with Crippen molar-refractivity contribution in [2.24, 2.45) is 10.9 Å². The highest BCUT2D eigenvalue weighted by molar-refractivity contribution is 9.10. The van der Waals surface area contributed by atoms with Crippen molar-refractivity contribution in [2.75, 3.05) is 6.61 Å². The summed E-state index contributed by atoms with van der Waals surface area (Å²) in [5.41, 5.74) is 5.18. The highest BCUT2D eigenvalue weighted by Crippen LogP contribution is 2.30. The van der Waals surface area contributed by atoms with Gasteiger partial charge in [-0.25, -0.2) is 13.2 Å². The lowest BCUT2D eigenvalue weighted by Gasteiger charge is -2.17. The Kier molecular flexibility index (Phi) is 5.15. The van der Waals surface area contributed by atoms with Crippen molar-refractivity contribution in [3.05, 3.63) is 28.0 Å². The van der Waals surface area contributed by atoms with Crippen LogP contribution in [0.3, 0.4) is 0 Å². The zero-order valence-electron chi connectivity index (χ0n) is 9.59. The molecule has 0 aliphatic heterocycles. The molecule has 0 saturated carbocycles. The Hall–Kier alpha value is -1.58. The Bertz CT molecular complexity index is 525. The van der Waals surface area contributed by atoms with Crippen molar-refractivity contribution < 1.29 is 31.9 Å². The smallest absolute Gasteiger partial charge is 0.340 e. The Morgan fingerprint density at radius 3 is 2.55 bits per heavy atom. The fourth-order valence-corrected chi connectivity index (χ4v) is 1.66. The first kappa shape index (κ1) is 16.5. The number of hydrogen-bond acceptors (Lipinski definition) is 3. The maximum Gasteiger partial charge on any atom is 0.340 e. The molecule has 4 nitrogen and oxygen atoms in total. The van der Waals surface area contributed by atoms with E-state index in [-0.39, 0.29) is 10.0 Å². The normalized spacial score (nSPS) is 12.8. The molecule has 10 heteroatoms. The van der Waals surface area contributed by atoms with Crippen LogP contribution in [0.4, 0.5) is 22.0 Å². The van der Waals surface area contributed by atoms with Gasteiger partial charge in [0.15, 0.2) is 24.0 Å². The lowest BCUT2D eigenvalue weighted by molar-refractivity contribution is -0.148. The number of rotatable bonds is 5. The number of alkyl halides is 4. The molecule has 0 bridgehead atoms. The summed E-state index contributed by atoms with van der Waals surface area (Å²) in [5.74, 6) is -6.64. The van der Waals surface area contributed by atoms with Crippen LogP contribution in [-0.4, -0.2) is 30.0 Å². The van der Waals surface area contributed by atoms with E-state index in [1.807, 2.05) is 0 Å². The molecule has 112 valence electrons. The number of hydrogen-bond donors (Lipinski definition) is 2. The summed E-state index contributed by atoms with van der Waals surface area (Å²) >= 11 is 2.76. The topological polar surface area (TPSA) is 67.8 Å². The van der Waals surface area contributed by atoms with E-state index in [4.69, 9.17) is 10.9 Å². The lowest BCUT2D eigenvalue weighted by Crippen LogP contribution is -2.34. The average molecular weight is 363 g/mol. The fourth-order valence-electron chi connectivity index (χ4n) is 1.13. The molecule has 0 saturated heterocycles. The molecule has 0 radical (unpaired) electrons. The zero-order valence-corrected chi connectivity index (χ0v) is 11.2. The third-order valence-corrected chi connectivity index (χ3v) is 2.95. The predicted molar refractivity (Wildman–Crippen MR) is 63.1 cm³/mol. The second kappa shape index (κ2) is 6.25. The molecule has 0 unspecified atom stereocenters. The average Bonchev–Trinajstić information content (AvgIpc) is 2.39. The number of amidine groups is 1. The summed E-state index contributed by atoms with van der Waals surface area (Å²) in [6, 6.07) is 2.01. The van der Waals surface area contributed by atoms with Gasteiger partial charge in [0.1, 0.15) is 0 Å². The summed E-state index contributed by atoms with van der Waals surface area (Å²) in [4.78, 5) is 0. The number of nitrogens with zero attached hydrogens (tertiary/aromatic N) is 1. The van der Waals surface area contributed by atoms with Crippen molar-refractivity contribution in [2.45, 2.75) is 12.3 Å². The summed E-state index contributed by atoms with van der Waals surface area (Å²) in [5, 5.41) is 11.1. The highest BCUT2D eigenvalue weighted by Gasteiger charge is 2.42. The number of nitrogens with two attached hydrogens (primary N) is 1. The van der Waals surface area contributed by atoms with Crippen LogP contribution in [0.2, 0.25) is 0 Å². The molecule has 0 aliphatic rings. The summed E-state index contributed by atoms with van der Waals surface area (Å²) in [7, 11) is 0. The van der Waals surface area contributed by atoms with Crippen LogP contribution in [0.25, 0.3) is 0 Å². The van der Waals surface area contributed by atoms with Gasteiger partial charge in [-0.1, -0.05) is 5.16 Å². The molecule has 0 spiro atoms. The van der Waals surface area contributed by atoms with Gasteiger partial charge in [-0.3, -0.25) is 0 Å². The van der Waals surface area contributed by atoms with Crippen molar-refractivity contribution >= 4 is 21.8 Å². The third kappa shape index (κ3) is 3.50. The number of ether oxygens (including phenoxy) is 1. The Morgan fingerprint density at radius 1 is 1.45 bits per heavy atom. The first-order chi connectivity index (χ1) is 9.20. The molecule has 0 heterocycles. The van der Waals surface area contributed by atoms with Gasteiger partial charge in [0.25, 0.3) is 0 Å². The second-order valence-electron chi connectivity index (χ2n) is 3.57. The molecule has 0 aromatic heterocycles. The molecular formula is C10H8BrF5N2O2. The molecule has 3 N–H and O–H groups in total. The minimum Gasteiger partial charge on any atom is -0.484 e. The van der Waals surface area contributed by atoms with Gasteiger partial charge < -0.3 is 15.7 Å². The number of halogens is 6. The van der Waals surface area contributed by atoms with Crippen LogP contribution in [0, 0.1) is 5.82 Å². The lowest BCUT2D eigenvalue weighted by atomic mass is 10.2. The van der Waals surface area contributed by atoms with E-state index < -0.39 is 36.4 Å². The van der Waals surface area contributed by atoms with Gasteiger partial charge in [0.05, 0.1) is 4.47 Å². The molecule has 0 fully saturated rings. The first-order valence-electron chi connectivity index (χ1n) is 4.95. The van der Waals surface area contributed by atoms with Gasteiger partial charge in [0.2, 0.25) is 0 Å². The zero-order chi connectivity index (χ0) is 15.5. The van der Waals surface area contributed by atoms with Gasteiger partial charge in [0, 0.05) is 5.56 Å². The Balaban J connectivity index is 2.97. The van der Waals surface area contributed by atoms with E-state index >= 15 is 0 Å². The summed E-state index contributed by atoms with van der Waals surface area (Å²) in [6.07, 6.45) is -3.93. The van der Waals surface area contributed by atoms with Gasteiger partial charge in [-0.2, -0.15) is 8.78 Å². The van der Waals surface area contributed by atoms with Crippen molar-refractivity contribution in [1.29, 1.82) is 0 Å². The Morgan fingerprint density at radius 2 is 2.05 bits per heavy atom. The molecule has 20 heavy (non-hydrogen) atoms. The largest absolute Gasteiger partial charge is 0.484 e. The summed E-state index contributed by atoms with van der Waals surface area (Å²) in [6.45, 7) is -1.68. The molecule has 0 aliphatic carbocycles. The molecular weight excluding hydrogens is 355 g/mol. The van der Waals surface area contributed by atoms with Crippen molar-refractivity contribution in [1.82, 2.24) is 0 Å². The van der Waals surface area contributed by atoms with E-state index in [1.165, 1.54) is 0 Å². The van der Waals surface area contributed by atoms with Crippen LogP contribution in [-0.2, 0) is 0 Å². The third-order valence-electron chi connectivity index (χ3n) is 2.17. The van der Waals surface area contributed by atoms with Crippen molar-refractivity contribution in [3.63, 3.8) is 0 Å². The van der Waals surface area contributed by atoms with E-state index in [0.717, 1.165) is 12.1 Å². The molecule has 0 atom stereocenters. The van der Waals surface area contributed by atoms with Gasteiger partial charge in [-0.05, 0) is 28.1 Å². The van der Waals surface area contributed by atoms with E-state index in [9.17, 15) is 22.0 Å². The molecule has 1 aromatic rings. The molecule has 1 aromatic carbocycles. The Labute approximate surface area is 118 Å². The maximum atomic E-state index is 13.7. The first-order valence-corrected chi connectivity index (χ1v) is 5.74. The number of benzene rings is 1. The standard InChI is InChI=1S/C10H8BrF5N2O2/c11-6-4(8(17)18-19)1-2-5(7(6)12)20-3-10(15,16)9(13)14/h1-2,9,19H,3H2,(H2,17,18). The van der Waals surface area contributed by atoms with Crippen LogP contribution in [0.1, 0.15) is 5.56 Å². The molecule has 1 rings (SSSR count). The van der Waals surface area contributed by atoms with Crippen LogP contribution < -0.4 is 10.5 Å². The summed E-state index contributed by atoms with van der Waals surface area (Å²) < 4.78 is 66.9. The highest BCUT2D eigenvalue weighted by atomic mass is 79.9. The van der Waals surface area contributed by atoms with E-state index in [2.05, 4.69) is 25.8 Å². The van der Waals surface area contributed by atoms with Crippen LogP contribution >= 0.6 is 15.9 Å². The van der Waals surface area contributed by atoms with E-state index in [0.29, 0.717) is 0 Å². The van der Waals surface area contributed by atoms with Gasteiger partial charge >= 0.3 is 12.3 Å². The SMILES string of the molecule is N/C(=N/O)c1ccc(OCC(F)(F)C(F)F)c(F)c1Br. The monoisotopic (exact) mass is 362 g/mol. The van der Waals surface area contributed by atoms with Crippen molar-refractivity contribution in [3.8, 4) is 5.75 Å². The maximum absolute atomic E-state index is 13.7. The minimum atomic E-state index is -4.40. The quantitative estimate of drug-likeness (QED) is 0.278. The van der Waals surface area contributed by atoms with Crippen LogP contribution in [0.15, 0.2) is 21.8 Å². The fraction of sp³-hybridized carbons (Fsp3) is 0.300. The molecule has 0 amide bonds. The van der Waals surface area contributed by atoms with Crippen LogP contribution in [0.5, 0.6) is 5.75 Å². The van der Waals surface area contributed by atoms with E-state index in [1.54, 1.807) is 0 Å². The predicted octanol–water partition coefficient (Wildman–Crippen LogP) is 2.96. The van der Waals surface area contributed by atoms with Gasteiger partial charge in [-0.15, -0.1) is 0 Å². The minimum absolute atomic E-state index is 0.0574.